The van der Waals surface area contributed by atoms with Gasteiger partial charge >= 0.3 is 72.1 Å². The molecule has 0 amide bonds. The van der Waals surface area contributed by atoms with Gasteiger partial charge in [-0.05, 0) is 65.1 Å². The zero-order chi connectivity index (χ0) is 50.3. The van der Waals surface area contributed by atoms with E-state index in [1.807, 2.05) is 0 Å². The van der Waals surface area contributed by atoms with E-state index in [9.17, 15) is 87.8 Å². The van der Waals surface area contributed by atoms with Crippen molar-refractivity contribution in [2.45, 2.75) is 72.1 Å². The van der Waals surface area contributed by atoms with E-state index in [4.69, 9.17) is 0 Å². The fraction of sp³-hybridized carbons (Fsp3) is 0.375. The average molecular weight is 1110 g/mol. The number of halogens is 29. The van der Waals surface area contributed by atoms with Crippen molar-refractivity contribution in [3.8, 4) is 0 Å². The molecule has 33 heteroatoms. The molecule has 0 aromatic rings. The quantitative estimate of drug-likeness (QED) is 0.172. The monoisotopic (exact) mass is 1110 g/mol. The van der Waals surface area contributed by atoms with E-state index in [-0.39, 0.29) is 0 Å². The highest BCUT2D eigenvalue weighted by Crippen LogP contribution is 2.58. The van der Waals surface area contributed by atoms with Crippen LogP contribution in [0.5, 0.6) is 0 Å². The Morgan fingerprint density at radius 2 is 0.523 bits per heavy atom. The maximum absolute atomic E-state index is 15.8. The highest BCUT2D eigenvalue weighted by Gasteiger charge is 2.79. The van der Waals surface area contributed by atoms with E-state index in [0.29, 0.717) is 22.6 Å². The van der Waals surface area contributed by atoms with E-state index >= 15 is 35.1 Å². The highest BCUT2D eigenvalue weighted by atomic mass is 127. The highest BCUT2D eigenvalue weighted by molar-refractivity contribution is 14.1. The van der Waals surface area contributed by atoms with Crippen LogP contribution in [0.25, 0.3) is 0 Å². The largest absolute Gasteiger partial charge is 0.460 e. The Balaban J connectivity index is 2.12. The Morgan fingerprint density at radius 3 is 0.785 bits per heavy atom. The molecule has 0 atom stereocenters. The molecule has 0 fully saturated rings. The van der Waals surface area contributed by atoms with Gasteiger partial charge in [-0.1, -0.05) is 0 Å². The molecule has 0 saturated heterocycles. The third-order valence-corrected chi connectivity index (χ3v) is 9.75. The van der Waals surface area contributed by atoms with Gasteiger partial charge in [-0.15, -0.1) is 0 Å². The molecule has 5 rings (SSSR count). The summed E-state index contributed by atoms with van der Waals surface area (Å²) in [7, 11) is 0. The number of allylic oxidation sites excluding steroid dienone is 12. The van der Waals surface area contributed by atoms with Gasteiger partial charge in [-0.25, -0.2) is 20.0 Å². The first kappa shape index (κ1) is 51.4. The first-order chi connectivity index (χ1) is 28.8. The minimum atomic E-state index is -7.54. The minimum absolute atomic E-state index is 0.424. The van der Waals surface area contributed by atoms with Gasteiger partial charge < -0.3 is 0 Å². The van der Waals surface area contributed by atoms with Crippen molar-refractivity contribution in [1.29, 1.82) is 0 Å². The molecule has 0 aliphatic carbocycles. The van der Waals surface area contributed by atoms with Gasteiger partial charge in [-0.2, -0.15) is 123 Å². The number of hydrogen-bond acceptors (Lipinski definition) is 4. The third-order valence-electron chi connectivity index (χ3n) is 8.93. The summed E-state index contributed by atoms with van der Waals surface area (Å²) in [6, 6.07) is 0. The zero-order valence-electron chi connectivity index (χ0n) is 29.3. The Labute approximate surface area is 351 Å². The van der Waals surface area contributed by atoms with E-state index in [1.54, 1.807) is 0 Å². The number of fused-ring (bicyclic) bond motifs is 4. The summed E-state index contributed by atoms with van der Waals surface area (Å²) in [5.41, 5.74) is -32.6. The van der Waals surface area contributed by atoms with Crippen LogP contribution in [0, 0.1) is 0 Å². The molecule has 0 N–H and O–H groups in total. The smallest absolute Gasteiger partial charge is 0.248 e. The molecular weight excluding hydrogens is 1100 g/mol. The van der Waals surface area contributed by atoms with Gasteiger partial charge in [0.15, 0.2) is 0 Å². The van der Waals surface area contributed by atoms with Gasteiger partial charge in [0, 0.05) is 3.58 Å². The fourth-order valence-electron chi connectivity index (χ4n) is 5.75. The molecule has 0 unspecified atom stereocenters. The normalized spacial score (nSPS) is 20.1. The summed E-state index contributed by atoms with van der Waals surface area (Å²) in [5.74, 6) is -58.5. The average Bonchev–Trinajstić information content (AvgIpc) is 3.93. The van der Waals surface area contributed by atoms with Crippen molar-refractivity contribution in [3.63, 3.8) is 0 Å². The molecule has 5 aliphatic rings. The van der Waals surface area contributed by atoms with Crippen molar-refractivity contribution in [2.24, 2.45) is 20.0 Å². The van der Waals surface area contributed by atoms with Crippen LogP contribution in [-0.4, -0.2) is 94.9 Å². The van der Waals surface area contributed by atoms with Crippen LogP contribution in [0.2, 0.25) is 0 Å². The van der Waals surface area contributed by atoms with Gasteiger partial charge in [0.1, 0.15) is 0 Å². The summed E-state index contributed by atoms with van der Waals surface area (Å²) < 4.78 is 402. The Kier molecular flexibility index (Phi) is 11.6. The summed E-state index contributed by atoms with van der Waals surface area (Å²) in [4.78, 5) is 10.6. The second-order valence-electron chi connectivity index (χ2n) is 13.1. The molecule has 0 radical (unpaired) electrons. The Morgan fingerprint density at radius 1 is 0.292 bits per heavy atom. The van der Waals surface area contributed by atoms with Crippen LogP contribution in [0.1, 0.15) is 0 Å². The molecule has 358 valence electrons. The van der Waals surface area contributed by atoms with Gasteiger partial charge in [-0.3, -0.25) is 0 Å². The van der Waals surface area contributed by atoms with Crippen LogP contribution < -0.4 is 0 Å². The standard InChI is InChI=1S/C32H7F28IN4/c33-21(34,25(41,42)29(49,50)51)16-9-1-2-10(62-9)17(22(35,36)26(43,44)30(52,53)54)12-5-6-14(64-12)19(24(39,40)28(47,48)32(58,59)60)20-8(61)7-15(65-20)18(13-4-3-11(16)63-13)23(37,38)27(45,46)31(55,56)57/h1-7H. The molecular formula is C32H7F28IN4. The summed E-state index contributed by atoms with van der Waals surface area (Å²) >= 11 is 0.424. The van der Waals surface area contributed by atoms with Crippen LogP contribution in [0.4, 0.5) is 123 Å². The maximum Gasteiger partial charge on any atom is 0.460 e. The molecule has 8 bridgehead atoms. The van der Waals surface area contributed by atoms with Crippen LogP contribution in [0.3, 0.4) is 0 Å². The molecule has 0 spiro atoms. The molecule has 5 aliphatic heterocycles. The van der Waals surface area contributed by atoms with Crippen molar-refractivity contribution >= 4 is 45.4 Å². The van der Waals surface area contributed by atoms with Crippen LogP contribution in [-0.2, 0) is 0 Å². The number of aliphatic imine (C=N–C) groups is 4. The zero-order valence-corrected chi connectivity index (χ0v) is 31.4. The van der Waals surface area contributed by atoms with E-state index in [0.717, 1.165) is 0 Å². The van der Waals surface area contributed by atoms with Gasteiger partial charge in [0.05, 0.1) is 67.9 Å². The van der Waals surface area contributed by atoms with Crippen molar-refractivity contribution in [2.75, 3.05) is 0 Å². The summed E-state index contributed by atoms with van der Waals surface area (Å²) in [6.45, 7) is 0. The topological polar surface area (TPSA) is 49.4 Å². The van der Waals surface area contributed by atoms with Crippen molar-refractivity contribution < 1.29 is 123 Å². The van der Waals surface area contributed by atoms with Crippen LogP contribution >= 0.6 is 22.6 Å². The molecule has 4 nitrogen and oxygen atoms in total. The second kappa shape index (κ2) is 14.7. The maximum atomic E-state index is 15.8. The molecule has 0 saturated carbocycles. The Hall–Kier alpha value is -4.63. The number of rotatable bonds is 8. The lowest BCUT2D eigenvalue weighted by atomic mass is 9.95. The number of nitrogens with zero attached hydrogens (tertiary/aromatic N) is 4. The lowest BCUT2D eigenvalue weighted by Crippen LogP contribution is -2.54. The Bertz CT molecular complexity index is 2480. The molecule has 65 heavy (non-hydrogen) atoms. The summed E-state index contributed by atoms with van der Waals surface area (Å²) in [5, 5.41) is 0. The third kappa shape index (κ3) is 7.41. The molecule has 0 aromatic carbocycles. The summed E-state index contributed by atoms with van der Waals surface area (Å²) in [6.07, 6.45) is -33.5. The predicted octanol–water partition coefficient (Wildman–Crippen LogP) is 13.2. The SMILES string of the molecule is FC(F)(F)C(F)(F)C(F)(F)C1=C2C=CC(=N2)C(C(F)(F)C(F)(F)C(F)(F)F)=C2C=CC(=N2)C(C(F)(F)C(F)(F)C(F)(F)F)=C2N=C(C=C2I)C(C(F)(F)C(F)(F)C(F)(F)F)=C2C=CC1=N2. The molecule has 0 aromatic heterocycles. The predicted molar refractivity (Wildman–Crippen MR) is 171 cm³/mol. The fourth-order valence-corrected chi connectivity index (χ4v) is 6.43. The van der Waals surface area contributed by atoms with Crippen LogP contribution in [0.15, 0.2) is 111 Å². The van der Waals surface area contributed by atoms with E-state index in [1.165, 1.54) is 0 Å². The minimum Gasteiger partial charge on any atom is -0.248 e. The van der Waals surface area contributed by atoms with Crippen molar-refractivity contribution in [1.82, 2.24) is 0 Å². The lowest BCUT2D eigenvalue weighted by Gasteiger charge is -2.31. The molecule has 5 heterocycles. The van der Waals surface area contributed by atoms with Crippen molar-refractivity contribution in [3.05, 3.63) is 91.2 Å². The number of alkyl halides is 28. The second-order valence-corrected chi connectivity index (χ2v) is 14.2. The first-order valence-corrected chi connectivity index (χ1v) is 16.9. The lowest BCUT2D eigenvalue weighted by molar-refractivity contribution is -0.343. The van der Waals surface area contributed by atoms with Gasteiger partial charge in [0.2, 0.25) is 0 Å². The van der Waals surface area contributed by atoms with E-state index in [2.05, 4.69) is 20.0 Å². The van der Waals surface area contributed by atoms with Gasteiger partial charge in [0.25, 0.3) is 0 Å². The van der Waals surface area contributed by atoms with E-state index < -0.39 is 186 Å². The number of hydrogen-bond donors (Lipinski definition) is 0. The first-order valence-electron chi connectivity index (χ1n) is 15.8.